The van der Waals surface area contributed by atoms with Crippen LogP contribution in [0.15, 0.2) is 0 Å². The molecule has 0 bridgehead atoms. The first kappa shape index (κ1) is 40.2. The summed E-state index contributed by atoms with van der Waals surface area (Å²) in [5.74, 6) is -7.58. The molecule has 1 rings (SSSR count). The molecule has 0 aromatic carbocycles. The Hall–Kier alpha value is -4.83. The number of hydrogen-bond donors (Lipinski definition) is 0. The smallest absolute Gasteiger partial charge is 0.304 e. The maximum Gasteiger partial charge on any atom is 0.304 e. The molecule has 19 heteroatoms. The Bertz CT molecular complexity index is 1230. The van der Waals surface area contributed by atoms with E-state index in [2.05, 4.69) is 0 Å². The molecular weight excluding hydrogens is 638 g/mol. The fourth-order valence-corrected chi connectivity index (χ4v) is 4.28. The molecule has 0 N–H and O–H groups in total. The average Bonchev–Trinajstić information content (AvgIpc) is 2.92. The van der Waals surface area contributed by atoms with Crippen LogP contribution < -0.4 is 0 Å². The average molecular weight is 676 g/mol. The van der Waals surface area contributed by atoms with Gasteiger partial charge in [-0.15, -0.1) is 0 Å². The second-order valence-electron chi connectivity index (χ2n) is 9.85. The van der Waals surface area contributed by atoms with Gasteiger partial charge in [-0.3, -0.25) is 38.4 Å². The molecule has 0 aliphatic carbocycles. The van der Waals surface area contributed by atoms with Gasteiger partial charge in [-0.2, -0.15) is 5.26 Å². The van der Waals surface area contributed by atoms with Crippen molar-refractivity contribution < 1.29 is 85.7 Å². The Morgan fingerprint density at radius 2 is 1.09 bits per heavy atom. The summed E-state index contributed by atoms with van der Waals surface area (Å²) in [7, 11) is 0. The Morgan fingerprint density at radius 1 is 0.596 bits per heavy atom. The van der Waals surface area contributed by atoms with Crippen molar-refractivity contribution in [1.29, 1.82) is 5.26 Å². The number of rotatable bonds is 15. The van der Waals surface area contributed by atoms with E-state index in [4.69, 9.17) is 47.4 Å². The first-order valence-corrected chi connectivity index (χ1v) is 13.9. The Kier molecular flexibility index (Phi) is 16.2. The van der Waals surface area contributed by atoms with Gasteiger partial charge in [-0.25, -0.2) is 0 Å². The number of nitrogens with zero attached hydrogens (tertiary/aromatic N) is 1. The van der Waals surface area contributed by atoms with Crippen LogP contribution in [0.25, 0.3) is 0 Å². The van der Waals surface area contributed by atoms with E-state index in [1.807, 2.05) is 0 Å². The van der Waals surface area contributed by atoms with E-state index in [1.165, 1.54) is 0 Å². The molecule has 19 nitrogen and oxygen atoms in total. The number of carbonyl (C=O) groups is 8. The van der Waals surface area contributed by atoms with E-state index in [1.54, 1.807) is 6.07 Å². The number of ether oxygens (including phenoxy) is 10. The van der Waals surface area contributed by atoms with E-state index < -0.39 is 116 Å². The molecule has 262 valence electrons. The van der Waals surface area contributed by atoms with Gasteiger partial charge in [0.15, 0.2) is 36.8 Å². The van der Waals surface area contributed by atoms with Crippen molar-refractivity contribution in [2.24, 2.45) is 0 Å². The van der Waals surface area contributed by atoms with Gasteiger partial charge in [-0.1, -0.05) is 0 Å². The highest BCUT2D eigenvalue weighted by atomic mass is 16.8. The van der Waals surface area contributed by atoms with E-state index in [9.17, 15) is 43.6 Å². The van der Waals surface area contributed by atoms with Crippen LogP contribution >= 0.6 is 0 Å². The largest absolute Gasteiger partial charge is 0.463 e. The van der Waals surface area contributed by atoms with E-state index >= 15 is 0 Å². The van der Waals surface area contributed by atoms with Gasteiger partial charge < -0.3 is 47.4 Å². The van der Waals surface area contributed by atoms with Crippen LogP contribution in [-0.2, 0) is 85.7 Å². The molecule has 1 saturated heterocycles. The van der Waals surface area contributed by atoms with Gasteiger partial charge in [0.1, 0.15) is 31.5 Å². The highest BCUT2D eigenvalue weighted by Crippen LogP contribution is 2.32. The summed E-state index contributed by atoms with van der Waals surface area (Å²) in [6.45, 7) is 6.40. The van der Waals surface area contributed by atoms with Crippen molar-refractivity contribution in [2.45, 2.75) is 111 Å². The molecule has 1 heterocycles. The van der Waals surface area contributed by atoms with Crippen molar-refractivity contribution in [2.75, 3.05) is 13.2 Å². The summed E-state index contributed by atoms with van der Waals surface area (Å²) in [5, 5.41) is 9.87. The summed E-state index contributed by atoms with van der Waals surface area (Å²) in [5.41, 5.74) is 0. The lowest BCUT2D eigenvalue weighted by atomic mass is 9.97. The molecule has 0 aromatic rings. The number of hydrogen-bond acceptors (Lipinski definition) is 19. The van der Waals surface area contributed by atoms with Crippen LogP contribution in [0.4, 0.5) is 0 Å². The molecule has 9 atom stereocenters. The fraction of sp³-hybridized carbons (Fsp3) is 0.679. The maximum atomic E-state index is 12.3. The first-order chi connectivity index (χ1) is 21.9. The van der Waals surface area contributed by atoms with Gasteiger partial charge in [0.2, 0.25) is 6.10 Å². The van der Waals surface area contributed by atoms with E-state index in [0.717, 1.165) is 55.4 Å². The van der Waals surface area contributed by atoms with Crippen LogP contribution in [0, 0.1) is 11.3 Å². The van der Waals surface area contributed by atoms with Crippen molar-refractivity contribution in [3.63, 3.8) is 0 Å². The molecular formula is C28H37NO18. The van der Waals surface area contributed by atoms with Gasteiger partial charge in [0, 0.05) is 55.4 Å². The normalized spacial score (nSPS) is 22.7. The van der Waals surface area contributed by atoms with Crippen LogP contribution in [0.1, 0.15) is 55.4 Å². The SMILES string of the molecule is CC(=O)OC[C@H](OC(C)=O)C(O[C@@H]1O[C@H](COC(C)=O)[C@@H](OC(C)=O)[C@H](OC(C)=O)[C@H]1OC(C)=O)[C@@H](OC(C)=O)[C@@H](C#N)OC(C)=O. The Labute approximate surface area is 268 Å². The molecule has 0 spiro atoms. The maximum absolute atomic E-state index is 12.3. The van der Waals surface area contributed by atoms with E-state index in [-0.39, 0.29) is 0 Å². The number of carbonyl (C=O) groups excluding carboxylic acids is 8. The lowest BCUT2D eigenvalue weighted by Gasteiger charge is -2.46. The van der Waals surface area contributed by atoms with Crippen LogP contribution in [0.3, 0.4) is 0 Å². The van der Waals surface area contributed by atoms with Gasteiger partial charge in [-0.05, 0) is 0 Å². The lowest BCUT2D eigenvalue weighted by Crippen LogP contribution is -2.65. The van der Waals surface area contributed by atoms with Gasteiger partial charge in [0.25, 0.3) is 0 Å². The topological polar surface area (TPSA) is 253 Å². The van der Waals surface area contributed by atoms with Crippen molar-refractivity contribution in [3.05, 3.63) is 0 Å². The highest BCUT2D eigenvalue weighted by molar-refractivity contribution is 5.70. The zero-order valence-electron chi connectivity index (χ0n) is 26.9. The molecule has 0 radical (unpaired) electrons. The Balaban J connectivity index is 3.99. The van der Waals surface area contributed by atoms with E-state index in [0.29, 0.717) is 0 Å². The van der Waals surface area contributed by atoms with Crippen LogP contribution in [0.2, 0.25) is 0 Å². The summed E-state index contributed by atoms with van der Waals surface area (Å²) < 4.78 is 53.6. The summed E-state index contributed by atoms with van der Waals surface area (Å²) in [4.78, 5) is 96.1. The minimum Gasteiger partial charge on any atom is -0.463 e. The van der Waals surface area contributed by atoms with Crippen molar-refractivity contribution in [3.8, 4) is 6.07 Å². The second-order valence-corrected chi connectivity index (χ2v) is 9.85. The van der Waals surface area contributed by atoms with Crippen molar-refractivity contribution in [1.82, 2.24) is 0 Å². The molecule has 47 heavy (non-hydrogen) atoms. The summed E-state index contributed by atoms with van der Waals surface area (Å²) >= 11 is 0. The molecule has 1 aliphatic rings. The molecule has 1 fully saturated rings. The zero-order valence-corrected chi connectivity index (χ0v) is 26.9. The minimum absolute atomic E-state index is 0.648. The quantitative estimate of drug-likeness (QED) is 0.154. The van der Waals surface area contributed by atoms with Gasteiger partial charge in [0.05, 0.1) is 0 Å². The molecule has 0 aromatic heterocycles. The van der Waals surface area contributed by atoms with Crippen molar-refractivity contribution >= 4 is 47.8 Å². The third-order valence-corrected chi connectivity index (χ3v) is 5.72. The third kappa shape index (κ3) is 14.0. The third-order valence-electron chi connectivity index (χ3n) is 5.72. The predicted molar refractivity (Wildman–Crippen MR) is 146 cm³/mol. The second kappa shape index (κ2) is 19.0. The fourth-order valence-electron chi connectivity index (χ4n) is 4.28. The first-order valence-electron chi connectivity index (χ1n) is 13.9. The predicted octanol–water partition coefficient (Wildman–Crippen LogP) is -0.664. The standard InChI is InChI=1S/C28H37NO18/c1-12(30)38-10-21(41-15(4)33)24(23(42-16(5)34)20(9-29)40-14(3)32)47-28-27(45-19(8)37)26(44-18(7)36)25(43-17(6)35)22(46-28)11-39-13(2)31/h20-28H,10-11H2,1-8H3/t20-,21+,22-,23+,24?,25-,26+,27-,28+/m1/s1. The lowest BCUT2D eigenvalue weighted by molar-refractivity contribution is -0.330. The summed E-state index contributed by atoms with van der Waals surface area (Å²) in [6, 6.07) is 1.62. The molecule has 0 saturated carbocycles. The minimum atomic E-state index is -1.97. The molecule has 1 aliphatic heterocycles. The molecule has 0 amide bonds. The highest BCUT2D eigenvalue weighted by Gasteiger charge is 2.55. The molecule has 1 unspecified atom stereocenters. The Morgan fingerprint density at radius 3 is 1.53 bits per heavy atom. The van der Waals surface area contributed by atoms with Crippen LogP contribution in [0.5, 0.6) is 0 Å². The monoisotopic (exact) mass is 675 g/mol. The summed E-state index contributed by atoms with van der Waals surface area (Å²) in [6.07, 6.45) is -16.2. The number of esters is 8. The zero-order chi connectivity index (χ0) is 36.0. The van der Waals surface area contributed by atoms with Gasteiger partial charge >= 0.3 is 47.8 Å². The number of nitriles is 1. The van der Waals surface area contributed by atoms with Crippen LogP contribution in [-0.4, -0.2) is 116 Å².